The summed E-state index contributed by atoms with van der Waals surface area (Å²) >= 11 is 0. The van der Waals surface area contributed by atoms with Crippen LogP contribution in [0.5, 0.6) is 0 Å². The highest BCUT2D eigenvalue weighted by Crippen LogP contribution is 2.22. The van der Waals surface area contributed by atoms with Crippen LogP contribution in [0.3, 0.4) is 0 Å². The van der Waals surface area contributed by atoms with Crippen LogP contribution in [0, 0.1) is 5.41 Å². The van der Waals surface area contributed by atoms with Gasteiger partial charge in [0.15, 0.2) is 5.78 Å². The molecule has 2 N–H and O–H groups in total. The van der Waals surface area contributed by atoms with E-state index >= 15 is 0 Å². The van der Waals surface area contributed by atoms with Gasteiger partial charge < -0.3 is 5.73 Å². The van der Waals surface area contributed by atoms with E-state index in [-0.39, 0.29) is 11.2 Å². The van der Waals surface area contributed by atoms with Crippen LogP contribution in [0.4, 0.5) is 0 Å². The minimum absolute atomic E-state index is 0.132. The third-order valence-electron chi connectivity index (χ3n) is 1.93. The number of ketones is 1. The summed E-state index contributed by atoms with van der Waals surface area (Å²) in [6, 6.07) is 0. The van der Waals surface area contributed by atoms with Crippen molar-refractivity contribution < 1.29 is 4.79 Å². The lowest BCUT2D eigenvalue weighted by Crippen LogP contribution is -2.49. The minimum Gasteiger partial charge on any atom is -0.319 e. The third kappa shape index (κ3) is 2.62. The van der Waals surface area contributed by atoms with E-state index in [0.717, 1.165) is 0 Å². The van der Waals surface area contributed by atoms with Crippen molar-refractivity contribution in [1.29, 1.82) is 0 Å². The predicted octanol–water partition coefficient (Wildman–Crippen LogP) is 1.73. The molecular formula is C9H19NO. The second-order valence-electron chi connectivity index (χ2n) is 4.35. The quantitative estimate of drug-likeness (QED) is 0.663. The van der Waals surface area contributed by atoms with Gasteiger partial charge in [0, 0.05) is 5.41 Å². The van der Waals surface area contributed by atoms with E-state index in [9.17, 15) is 4.79 Å². The predicted molar refractivity (Wildman–Crippen MR) is 47.3 cm³/mol. The third-order valence-corrected chi connectivity index (χ3v) is 1.93. The highest BCUT2D eigenvalue weighted by Gasteiger charge is 2.34. The molecule has 0 amide bonds. The van der Waals surface area contributed by atoms with Gasteiger partial charge in [-0.25, -0.2) is 0 Å². The van der Waals surface area contributed by atoms with Crippen LogP contribution < -0.4 is 5.73 Å². The molecule has 0 aliphatic heterocycles. The molecule has 0 aromatic rings. The van der Waals surface area contributed by atoms with Crippen LogP contribution in [0.2, 0.25) is 0 Å². The molecule has 0 saturated carbocycles. The van der Waals surface area contributed by atoms with Crippen molar-refractivity contribution in [1.82, 2.24) is 0 Å². The molecule has 11 heavy (non-hydrogen) atoms. The van der Waals surface area contributed by atoms with Crippen LogP contribution >= 0.6 is 0 Å². The van der Waals surface area contributed by atoms with Crippen LogP contribution in [0.25, 0.3) is 0 Å². The summed E-state index contributed by atoms with van der Waals surface area (Å²) in [5.74, 6) is 0.132. The van der Waals surface area contributed by atoms with Gasteiger partial charge in [0.1, 0.15) is 0 Å². The molecule has 0 spiro atoms. The zero-order chi connectivity index (χ0) is 9.28. The molecule has 2 heteroatoms. The zero-order valence-electron chi connectivity index (χ0n) is 8.19. The maximum Gasteiger partial charge on any atom is 0.157 e. The van der Waals surface area contributed by atoms with E-state index in [1.165, 1.54) is 0 Å². The van der Waals surface area contributed by atoms with Crippen LogP contribution in [-0.2, 0) is 4.79 Å². The largest absolute Gasteiger partial charge is 0.319 e. The number of carbonyl (C=O) groups is 1. The molecule has 1 unspecified atom stereocenters. The smallest absolute Gasteiger partial charge is 0.157 e. The van der Waals surface area contributed by atoms with E-state index in [1.54, 1.807) is 6.92 Å². The highest BCUT2D eigenvalue weighted by molar-refractivity contribution is 5.91. The first kappa shape index (κ1) is 10.6. The summed E-state index contributed by atoms with van der Waals surface area (Å²) in [5, 5.41) is 0. The Labute approximate surface area is 69.2 Å². The standard InChI is InChI=1S/C9H19NO/c1-6-9(5,10)7(11)8(2,3)4/h6,10H2,1-5H3. The Morgan fingerprint density at radius 2 is 1.64 bits per heavy atom. The Kier molecular flexibility index (Phi) is 2.84. The molecule has 0 aromatic carbocycles. The monoisotopic (exact) mass is 157 g/mol. The highest BCUT2D eigenvalue weighted by atomic mass is 16.1. The van der Waals surface area contributed by atoms with Crippen molar-refractivity contribution >= 4 is 5.78 Å². The first-order valence-electron chi connectivity index (χ1n) is 4.05. The molecule has 0 fully saturated rings. The Hall–Kier alpha value is -0.370. The van der Waals surface area contributed by atoms with Gasteiger partial charge in [0.05, 0.1) is 5.54 Å². The number of nitrogens with two attached hydrogens (primary N) is 1. The molecule has 0 aromatic heterocycles. The Bertz CT molecular complexity index is 153. The van der Waals surface area contributed by atoms with E-state index < -0.39 is 5.54 Å². The summed E-state index contributed by atoms with van der Waals surface area (Å²) < 4.78 is 0. The summed E-state index contributed by atoms with van der Waals surface area (Å²) in [6.07, 6.45) is 0.698. The van der Waals surface area contributed by atoms with Gasteiger partial charge >= 0.3 is 0 Å². The molecule has 0 radical (unpaired) electrons. The molecule has 0 saturated heterocycles. The molecule has 0 heterocycles. The van der Waals surface area contributed by atoms with Gasteiger partial charge in [-0.05, 0) is 13.3 Å². The molecule has 1 atom stereocenters. The van der Waals surface area contributed by atoms with E-state index in [1.807, 2.05) is 27.7 Å². The van der Waals surface area contributed by atoms with Crippen molar-refractivity contribution in [2.24, 2.45) is 11.1 Å². The number of carbonyl (C=O) groups excluding carboxylic acids is 1. The van der Waals surface area contributed by atoms with Gasteiger partial charge in [-0.1, -0.05) is 27.7 Å². The second-order valence-corrected chi connectivity index (χ2v) is 4.35. The Balaban J connectivity index is 4.50. The fraction of sp³-hybridized carbons (Fsp3) is 0.889. The van der Waals surface area contributed by atoms with Gasteiger partial charge in [0.25, 0.3) is 0 Å². The van der Waals surface area contributed by atoms with Crippen LogP contribution in [-0.4, -0.2) is 11.3 Å². The first-order chi connectivity index (χ1) is 4.72. The van der Waals surface area contributed by atoms with Gasteiger partial charge in [-0.2, -0.15) is 0 Å². The van der Waals surface area contributed by atoms with Crippen molar-refractivity contribution in [3.63, 3.8) is 0 Å². The molecule has 0 rings (SSSR count). The lowest BCUT2D eigenvalue weighted by atomic mass is 9.78. The molecule has 0 bridgehead atoms. The number of hydrogen-bond donors (Lipinski definition) is 1. The fourth-order valence-corrected chi connectivity index (χ4v) is 1.02. The first-order valence-corrected chi connectivity index (χ1v) is 4.05. The second kappa shape index (κ2) is 2.94. The number of rotatable bonds is 2. The van der Waals surface area contributed by atoms with E-state index in [0.29, 0.717) is 6.42 Å². The topological polar surface area (TPSA) is 43.1 Å². The maximum absolute atomic E-state index is 11.6. The molecular weight excluding hydrogens is 138 g/mol. The van der Waals surface area contributed by atoms with Crippen molar-refractivity contribution in [3.05, 3.63) is 0 Å². The van der Waals surface area contributed by atoms with Gasteiger partial charge in [-0.3, -0.25) is 4.79 Å². The number of Topliss-reactive ketones (excluding diaryl/α,β-unsaturated/α-hetero) is 1. The van der Waals surface area contributed by atoms with Crippen molar-refractivity contribution in [2.45, 2.75) is 46.6 Å². The lowest BCUT2D eigenvalue weighted by molar-refractivity contribution is -0.131. The maximum atomic E-state index is 11.6. The van der Waals surface area contributed by atoms with Crippen molar-refractivity contribution in [3.8, 4) is 0 Å². The molecule has 0 aliphatic rings. The van der Waals surface area contributed by atoms with E-state index in [4.69, 9.17) is 5.73 Å². The summed E-state index contributed by atoms with van der Waals surface area (Å²) in [6.45, 7) is 9.42. The summed E-state index contributed by atoms with van der Waals surface area (Å²) in [4.78, 5) is 11.6. The molecule has 2 nitrogen and oxygen atoms in total. The van der Waals surface area contributed by atoms with E-state index in [2.05, 4.69) is 0 Å². The van der Waals surface area contributed by atoms with Gasteiger partial charge in [0.2, 0.25) is 0 Å². The Morgan fingerprint density at radius 3 is 1.73 bits per heavy atom. The normalized spacial score (nSPS) is 17.6. The van der Waals surface area contributed by atoms with Crippen LogP contribution in [0.1, 0.15) is 41.0 Å². The Morgan fingerprint density at radius 1 is 1.27 bits per heavy atom. The average Bonchev–Trinajstić information content (AvgIpc) is 1.84. The van der Waals surface area contributed by atoms with Gasteiger partial charge in [-0.15, -0.1) is 0 Å². The molecule has 0 aliphatic carbocycles. The summed E-state index contributed by atoms with van der Waals surface area (Å²) in [5.41, 5.74) is 4.82. The molecule has 66 valence electrons. The lowest BCUT2D eigenvalue weighted by Gasteiger charge is -2.29. The van der Waals surface area contributed by atoms with Crippen molar-refractivity contribution in [2.75, 3.05) is 0 Å². The van der Waals surface area contributed by atoms with Crippen LogP contribution in [0.15, 0.2) is 0 Å². The fourth-order valence-electron chi connectivity index (χ4n) is 1.02. The minimum atomic E-state index is -0.655. The SMILES string of the molecule is CCC(C)(N)C(=O)C(C)(C)C. The average molecular weight is 157 g/mol. The zero-order valence-corrected chi connectivity index (χ0v) is 8.19. The number of hydrogen-bond acceptors (Lipinski definition) is 2. The summed E-state index contributed by atoms with van der Waals surface area (Å²) in [7, 11) is 0.